The van der Waals surface area contributed by atoms with Gasteiger partial charge in [0.25, 0.3) is 5.91 Å². The fraction of sp³-hybridized carbons (Fsp3) is 0.176. The zero-order valence-electron chi connectivity index (χ0n) is 13.4. The highest BCUT2D eigenvalue weighted by Gasteiger charge is 2.19. The summed E-state index contributed by atoms with van der Waals surface area (Å²) >= 11 is 17.4. The molecule has 2 rings (SSSR count). The van der Waals surface area contributed by atoms with E-state index in [0.29, 0.717) is 5.02 Å². The van der Waals surface area contributed by atoms with Gasteiger partial charge in [-0.15, -0.1) is 0 Å². The Morgan fingerprint density at radius 3 is 2.50 bits per heavy atom. The summed E-state index contributed by atoms with van der Waals surface area (Å²) in [6, 6.07) is 8.22. The van der Waals surface area contributed by atoms with Gasteiger partial charge in [-0.2, -0.15) is 0 Å². The normalized spacial score (nSPS) is 11.6. The van der Waals surface area contributed by atoms with E-state index in [9.17, 15) is 14.0 Å². The molecule has 0 bridgehead atoms. The molecule has 26 heavy (non-hydrogen) atoms. The third-order valence-electron chi connectivity index (χ3n) is 3.08. The summed E-state index contributed by atoms with van der Waals surface area (Å²) < 4.78 is 23.3. The SMILES string of the molecule is C[C@H](Oc1ccc(Cl)cc1Cl)C(=O)OCC(=O)Nc1ccc(F)c(Cl)c1. The van der Waals surface area contributed by atoms with Crippen LogP contribution >= 0.6 is 34.8 Å². The molecular weight excluding hydrogens is 408 g/mol. The van der Waals surface area contributed by atoms with E-state index in [4.69, 9.17) is 44.3 Å². The molecule has 0 saturated carbocycles. The Balaban J connectivity index is 1.84. The van der Waals surface area contributed by atoms with Crippen molar-refractivity contribution in [3.8, 4) is 5.75 Å². The highest BCUT2D eigenvalue weighted by molar-refractivity contribution is 6.35. The van der Waals surface area contributed by atoms with Crippen molar-refractivity contribution in [2.45, 2.75) is 13.0 Å². The molecule has 9 heteroatoms. The topological polar surface area (TPSA) is 64.6 Å². The maximum atomic E-state index is 13.1. The van der Waals surface area contributed by atoms with Gasteiger partial charge in [0.15, 0.2) is 12.7 Å². The predicted octanol–water partition coefficient (Wildman–Crippen LogP) is 4.74. The molecule has 1 atom stereocenters. The molecule has 138 valence electrons. The molecule has 1 amide bonds. The van der Waals surface area contributed by atoms with Crippen molar-refractivity contribution < 1.29 is 23.5 Å². The number of carbonyl (C=O) groups excluding carboxylic acids is 2. The summed E-state index contributed by atoms with van der Waals surface area (Å²) in [6.45, 7) is 0.904. The number of carbonyl (C=O) groups is 2. The van der Waals surface area contributed by atoms with E-state index in [2.05, 4.69) is 5.32 Å². The Hall–Kier alpha value is -2.02. The second-order valence-electron chi connectivity index (χ2n) is 5.12. The van der Waals surface area contributed by atoms with E-state index >= 15 is 0 Å². The number of hydrogen-bond donors (Lipinski definition) is 1. The third-order valence-corrected chi connectivity index (χ3v) is 3.90. The lowest BCUT2D eigenvalue weighted by Crippen LogP contribution is -2.29. The lowest BCUT2D eigenvalue weighted by molar-refractivity contribution is -0.153. The van der Waals surface area contributed by atoms with E-state index in [-0.39, 0.29) is 21.5 Å². The first-order valence-electron chi connectivity index (χ1n) is 7.29. The number of halogens is 4. The summed E-state index contributed by atoms with van der Waals surface area (Å²) in [6.07, 6.45) is -0.998. The number of amides is 1. The van der Waals surface area contributed by atoms with Crippen molar-refractivity contribution in [2.75, 3.05) is 11.9 Å². The lowest BCUT2D eigenvalue weighted by Gasteiger charge is -2.15. The van der Waals surface area contributed by atoms with Gasteiger partial charge in [-0.25, -0.2) is 9.18 Å². The van der Waals surface area contributed by atoms with Crippen LogP contribution in [0.1, 0.15) is 6.92 Å². The van der Waals surface area contributed by atoms with Crippen molar-refractivity contribution in [1.82, 2.24) is 0 Å². The smallest absolute Gasteiger partial charge is 0.347 e. The monoisotopic (exact) mass is 419 g/mol. The number of nitrogens with one attached hydrogen (secondary N) is 1. The Bertz CT molecular complexity index is 832. The van der Waals surface area contributed by atoms with E-state index in [0.717, 1.165) is 6.07 Å². The molecule has 0 fully saturated rings. The zero-order valence-corrected chi connectivity index (χ0v) is 15.7. The van der Waals surface area contributed by atoms with Gasteiger partial charge in [0.1, 0.15) is 11.6 Å². The highest BCUT2D eigenvalue weighted by atomic mass is 35.5. The maximum Gasteiger partial charge on any atom is 0.347 e. The lowest BCUT2D eigenvalue weighted by atomic mass is 10.3. The average Bonchev–Trinajstić information content (AvgIpc) is 2.58. The van der Waals surface area contributed by atoms with E-state index in [1.54, 1.807) is 6.07 Å². The largest absolute Gasteiger partial charge is 0.477 e. The van der Waals surface area contributed by atoms with Crippen LogP contribution in [0.3, 0.4) is 0 Å². The van der Waals surface area contributed by atoms with Gasteiger partial charge in [0.05, 0.1) is 10.0 Å². The van der Waals surface area contributed by atoms with Crippen LogP contribution in [0.2, 0.25) is 15.1 Å². The highest BCUT2D eigenvalue weighted by Crippen LogP contribution is 2.28. The molecule has 2 aromatic carbocycles. The van der Waals surface area contributed by atoms with E-state index < -0.39 is 30.4 Å². The fourth-order valence-corrected chi connectivity index (χ4v) is 2.47. The Kier molecular flexibility index (Phi) is 7.08. The first-order valence-corrected chi connectivity index (χ1v) is 8.43. The van der Waals surface area contributed by atoms with Crippen molar-refractivity contribution >= 4 is 52.4 Å². The minimum atomic E-state index is -0.998. The molecule has 0 radical (unpaired) electrons. The molecule has 2 aromatic rings. The average molecular weight is 421 g/mol. The summed E-state index contributed by atoms with van der Waals surface area (Å²) in [7, 11) is 0. The molecule has 0 aromatic heterocycles. The Labute approximate surface area is 163 Å². The summed E-state index contributed by atoms with van der Waals surface area (Å²) in [5.74, 6) is -1.73. The van der Waals surface area contributed by atoms with Crippen molar-refractivity contribution in [3.63, 3.8) is 0 Å². The molecule has 0 aliphatic carbocycles. The number of anilines is 1. The minimum Gasteiger partial charge on any atom is -0.477 e. The maximum absolute atomic E-state index is 13.1. The van der Waals surface area contributed by atoms with Gasteiger partial charge in [-0.05, 0) is 43.3 Å². The van der Waals surface area contributed by atoms with Crippen molar-refractivity contribution in [3.05, 3.63) is 57.3 Å². The zero-order chi connectivity index (χ0) is 19.3. The first-order chi connectivity index (χ1) is 12.3. The molecule has 0 saturated heterocycles. The van der Waals surface area contributed by atoms with Crippen LogP contribution < -0.4 is 10.1 Å². The van der Waals surface area contributed by atoms with Crippen LogP contribution in [0.15, 0.2) is 36.4 Å². The van der Waals surface area contributed by atoms with Gasteiger partial charge in [-0.1, -0.05) is 34.8 Å². The molecule has 0 heterocycles. The summed E-state index contributed by atoms with van der Waals surface area (Å²) in [5, 5.41) is 2.95. The van der Waals surface area contributed by atoms with Gasteiger partial charge in [0.2, 0.25) is 0 Å². The number of esters is 1. The van der Waals surface area contributed by atoms with Gasteiger partial charge < -0.3 is 14.8 Å². The number of rotatable bonds is 6. The molecule has 1 N–H and O–H groups in total. The van der Waals surface area contributed by atoms with Crippen LogP contribution in [0.5, 0.6) is 5.75 Å². The van der Waals surface area contributed by atoms with E-state index in [1.165, 1.54) is 31.2 Å². The minimum absolute atomic E-state index is 0.137. The molecule has 0 spiro atoms. The summed E-state index contributed by atoms with van der Waals surface area (Å²) in [4.78, 5) is 23.7. The second-order valence-corrected chi connectivity index (χ2v) is 6.37. The first kappa shape index (κ1) is 20.3. The van der Waals surface area contributed by atoms with Crippen LogP contribution in [0, 0.1) is 5.82 Å². The fourth-order valence-electron chi connectivity index (χ4n) is 1.83. The van der Waals surface area contributed by atoms with Crippen LogP contribution in [-0.4, -0.2) is 24.6 Å². The standard InChI is InChI=1S/C17H13Cl3FNO4/c1-9(26-15-5-2-10(18)6-13(15)20)17(24)25-8-16(23)22-11-3-4-14(21)12(19)7-11/h2-7,9H,8H2,1H3,(H,22,23)/t9-/m0/s1. The van der Waals surface area contributed by atoms with Crippen LogP contribution in [0.4, 0.5) is 10.1 Å². The van der Waals surface area contributed by atoms with Gasteiger partial charge in [-0.3, -0.25) is 4.79 Å². The molecular formula is C17H13Cl3FNO4. The van der Waals surface area contributed by atoms with Crippen LogP contribution in [0.25, 0.3) is 0 Å². The predicted molar refractivity (Wildman–Crippen MR) is 97.6 cm³/mol. The molecule has 0 aliphatic rings. The van der Waals surface area contributed by atoms with Gasteiger partial charge >= 0.3 is 5.97 Å². The quantitative estimate of drug-likeness (QED) is 0.686. The molecule has 5 nitrogen and oxygen atoms in total. The number of ether oxygens (including phenoxy) is 2. The van der Waals surface area contributed by atoms with Crippen molar-refractivity contribution in [2.24, 2.45) is 0 Å². The van der Waals surface area contributed by atoms with Crippen LogP contribution in [-0.2, 0) is 14.3 Å². The third kappa shape index (κ3) is 5.76. The molecule has 0 unspecified atom stereocenters. The Morgan fingerprint density at radius 1 is 1.12 bits per heavy atom. The second kappa shape index (κ2) is 9.07. The Morgan fingerprint density at radius 2 is 1.85 bits per heavy atom. The summed E-state index contributed by atoms with van der Waals surface area (Å²) in [5.41, 5.74) is 0.273. The number of benzene rings is 2. The van der Waals surface area contributed by atoms with Crippen molar-refractivity contribution in [1.29, 1.82) is 0 Å². The number of hydrogen-bond acceptors (Lipinski definition) is 4. The molecule has 0 aliphatic heterocycles. The van der Waals surface area contributed by atoms with Gasteiger partial charge in [0, 0.05) is 10.7 Å². The van der Waals surface area contributed by atoms with E-state index in [1.807, 2.05) is 0 Å².